The highest BCUT2D eigenvalue weighted by molar-refractivity contribution is 7.93. The number of nitriles is 1. The van der Waals surface area contributed by atoms with E-state index in [0.29, 0.717) is 29.5 Å². The second-order valence-corrected chi connectivity index (χ2v) is 10.0. The quantitative estimate of drug-likeness (QED) is 0.550. The molecule has 0 saturated carbocycles. The molecule has 0 amide bonds. The first-order valence-corrected chi connectivity index (χ1v) is 11.4. The molecule has 154 valence electrons. The molecule has 1 unspecified atom stereocenters. The Morgan fingerprint density at radius 3 is 2.76 bits per heavy atom. The fraction of sp³-hybridized carbons (Fsp3) is 0.444. The van der Waals surface area contributed by atoms with E-state index < -0.39 is 21.5 Å². The number of hydrogen-bond donors (Lipinski definition) is 1. The van der Waals surface area contributed by atoms with Crippen molar-refractivity contribution in [3.8, 4) is 6.19 Å². The number of sulfonamides is 1. The summed E-state index contributed by atoms with van der Waals surface area (Å²) in [5, 5.41) is 14.1. The molecule has 2 aliphatic rings. The Morgan fingerprint density at radius 1 is 1.34 bits per heavy atom. The van der Waals surface area contributed by atoms with Crippen LogP contribution in [0.2, 0.25) is 0 Å². The largest absolute Gasteiger partial charge is 0.383 e. The predicted molar refractivity (Wildman–Crippen MR) is 105 cm³/mol. The Morgan fingerprint density at radius 2 is 2.10 bits per heavy atom. The number of thiazole rings is 1. The van der Waals surface area contributed by atoms with Crippen LogP contribution in [0.3, 0.4) is 0 Å². The third-order valence-corrected chi connectivity index (χ3v) is 7.92. The molecule has 29 heavy (non-hydrogen) atoms. The van der Waals surface area contributed by atoms with E-state index in [2.05, 4.69) is 10.3 Å². The van der Waals surface area contributed by atoms with Crippen molar-refractivity contribution in [2.24, 2.45) is 0 Å². The maximum Gasteiger partial charge on any atom is 0.278 e. The zero-order chi connectivity index (χ0) is 20.7. The first-order chi connectivity index (χ1) is 13.8. The molecular weight excluding hydrogens is 420 g/mol. The van der Waals surface area contributed by atoms with Gasteiger partial charge in [0.25, 0.3) is 15.9 Å². The number of fused-ring (bicyclic) bond motifs is 1. The van der Waals surface area contributed by atoms with Crippen LogP contribution in [-0.2, 0) is 10.0 Å². The highest BCUT2D eigenvalue weighted by Crippen LogP contribution is 2.45. The van der Waals surface area contributed by atoms with Gasteiger partial charge in [-0.05, 0) is 43.7 Å². The van der Waals surface area contributed by atoms with Crippen LogP contribution in [-0.4, -0.2) is 49.4 Å². The highest BCUT2D eigenvalue weighted by atomic mass is 32.2. The van der Waals surface area contributed by atoms with Crippen LogP contribution >= 0.6 is 11.3 Å². The minimum atomic E-state index is -4.07. The lowest BCUT2D eigenvalue weighted by Crippen LogP contribution is -2.44. The van der Waals surface area contributed by atoms with E-state index in [9.17, 15) is 22.5 Å². The van der Waals surface area contributed by atoms with Gasteiger partial charge in [-0.15, -0.1) is 15.6 Å². The third kappa shape index (κ3) is 3.68. The Bertz CT molecular complexity index is 1020. The molecule has 4 rings (SSSR count). The monoisotopic (exact) mass is 439 g/mol. The summed E-state index contributed by atoms with van der Waals surface area (Å²) in [5.74, 6) is -2.67. The van der Waals surface area contributed by atoms with E-state index in [0.717, 1.165) is 17.8 Å². The van der Waals surface area contributed by atoms with E-state index in [4.69, 9.17) is 0 Å². The minimum absolute atomic E-state index is 0.0483. The normalized spacial score (nSPS) is 23.5. The number of nitrogens with zero attached hydrogens (tertiary/aromatic N) is 4. The number of aromatic nitrogens is 1. The summed E-state index contributed by atoms with van der Waals surface area (Å²) in [6, 6.07) is 5.94. The molecule has 0 spiro atoms. The van der Waals surface area contributed by atoms with Crippen molar-refractivity contribution in [3.05, 3.63) is 35.8 Å². The molecule has 7 nitrogen and oxygen atoms in total. The predicted octanol–water partition coefficient (Wildman–Crippen LogP) is 3.10. The van der Waals surface area contributed by atoms with E-state index in [-0.39, 0.29) is 23.0 Å². The van der Waals surface area contributed by atoms with Crippen LogP contribution in [0.4, 0.5) is 19.6 Å². The van der Waals surface area contributed by atoms with E-state index in [1.165, 1.54) is 18.3 Å². The van der Waals surface area contributed by atoms with Crippen LogP contribution in [0.5, 0.6) is 0 Å². The van der Waals surface area contributed by atoms with Crippen LogP contribution in [0, 0.1) is 11.5 Å². The van der Waals surface area contributed by atoms with Gasteiger partial charge >= 0.3 is 0 Å². The summed E-state index contributed by atoms with van der Waals surface area (Å²) in [6.45, 7) is 0.847. The van der Waals surface area contributed by atoms with Crippen molar-refractivity contribution >= 4 is 32.2 Å². The van der Waals surface area contributed by atoms with Gasteiger partial charge < -0.3 is 5.32 Å². The van der Waals surface area contributed by atoms with Crippen molar-refractivity contribution in [2.75, 3.05) is 29.3 Å². The number of halogens is 2. The van der Waals surface area contributed by atoms with Gasteiger partial charge in [0.2, 0.25) is 11.3 Å². The van der Waals surface area contributed by atoms with Crippen molar-refractivity contribution in [1.29, 1.82) is 5.26 Å². The van der Waals surface area contributed by atoms with Crippen LogP contribution in [0.25, 0.3) is 0 Å². The number of nitrogens with one attached hydrogen (secondary N) is 1. The summed E-state index contributed by atoms with van der Waals surface area (Å²) in [6.07, 6.45) is 4.53. The number of alkyl halides is 2. The van der Waals surface area contributed by atoms with Crippen molar-refractivity contribution < 1.29 is 17.2 Å². The second-order valence-electron chi connectivity index (χ2n) is 7.34. The molecule has 1 aromatic carbocycles. The lowest BCUT2D eigenvalue weighted by atomic mass is 9.93. The van der Waals surface area contributed by atoms with E-state index in [1.54, 1.807) is 23.7 Å². The first-order valence-electron chi connectivity index (χ1n) is 9.07. The smallest absolute Gasteiger partial charge is 0.278 e. The molecule has 1 N–H and O–H groups in total. The summed E-state index contributed by atoms with van der Waals surface area (Å²) in [4.78, 5) is 5.69. The Balaban J connectivity index is 1.48. The van der Waals surface area contributed by atoms with Gasteiger partial charge in [-0.25, -0.2) is 13.8 Å². The first kappa shape index (κ1) is 20.0. The van der Waals surface area contributed by atoms with Crippen LogP contribution < -0.4 is 9.62 Å². The second kappa shape index (κ2) is 7.19. The van der Waals surface area contributed by atoms with Gasteiger partial charge in [0.15, 0.2) is 0 Å². The van der Waals surface area contributed by atoms with Crippen molar-refractivity contribution in [2.45, 2.75) is 35.6 Å². The number of benzene rings is 1. The molecule has 0 aliphatic carbocycles. The SMILES string of the molecule is N#CN(c1nccs1)S(=O)(=O)c1ccc(NCC23CCCN2CC(F)(F)C3)cc1. The zero-order valence-electron chi connectivity index (χ0n) is 15.4. The van der Waals surface area contributed by atoms with Crippen LogP contribution in [0.15, 0.2) is 40.7 Å². The third-order valence-electron chi connectivity index (χ3n) is 5.45. The number of hydrogen-bond acceptors (Lipinski definition) is 7. The number of anilines is 2. The topological polar surface area (TPSA) is 89.3 Å². The van der Waals surface area contributed by atoms with E-state index in [1.807, 2.05) is 4.90 Å². The highest BCUT2D eigenvalue weighted by Gasteiger charge is 2.56. The molecule has 2 saturated heterocycles. The lowest BCUT2D eigenvalue weighted by Gasteiger charge is -2.31. The maximum absolute atomic E-state index is 13.9. The molecular formula is C18H19F2N5O2S2. The maximum atomic E-state index is 13.9. The standard InChI is InChI=1S/C18H19F2N5O2S2/c19-18(20)10-17(6-1-8-24(17)12-18)11-23-14-2-4-15(5-3-14)29(26,27)25(13-21)16-22-7-9-28-16/h2-5,7,9,23H,1,6,8,10-12H2. The molecule has 3 heterocycles. The molecule has 2 aliphatic heterocycles. The van der Waals surface area contributed by atoms with Gasteiger partial charge in [-0.1, -0.05) is 0 Å². The summed E-state index contributed by atoms with van der Waals surface area (Å²) >= 11 is 1.05. The minimum Gasteiger partial charge on any atom is -0.383 e. The van der Waals surface area contributed by atoms with Crippen molar-refractivity contribution in [3.63, 3.8) is 0 Å². The van der Waals surface area contributed by atoms with Crippen LogP contribution in [0.1, 0.15) is 19.3 Å². The average Bonchev–Trinajstić information content (AvgIpc) is 3.36. The molecule has 0 bridgehead atoms. The van der Waals surface area contributed by atoms with Gasteiger partial charge in [-0.2, -0.15) is 13.7 Å². The molecule has 1 atom stereocenters. The Labute approximate surface area is 171 Å². The molecule has 0 radical (unpaired) electrons. The van der Waals surface area contributed by atoms with Gasteiger partial charge in [0, 0.05) is 35.8 Å². The lowest BCUT2D eigenvalue weighted by molar-refractivity contribution is 0.00976. The van der Waals surface area contributed by atoms with Gasteiger partial charge in [0.05, 0.1) is 11.4 Å². The summed E-state index contributed by atoms with van der Waals surface area (Å²) < 4.78 is 53.8. The summed E-state index contributed by atoms with van der Waals surface area (Å²) in [7, 11) is -4.07. The molecule has 11 heteroatoms. The Kier molecular flexibility index (Phi) is 4.96. The van der Waals surface area contributed by atoms with E-state index >= 15 is 0 Å². The molecule has 2 fully saturated rings. The fourth-order valence-corrected chi connectivity index (χ4v) is 6.13. The van der Waals surface area contributed by atoms with Crippen molar-refractivity contribution in [1.82, 2.24) is 9.88 Å². The van der Waals surface area contributed by atoms with Gasteiger partial charge in [0.1, 0.15) is 0 Å². The number of rotatable bonds is 6. The molecule has 2 aromatic rings. The zero-order valence-corrected chi connectivity index (χ0v) is 17.0. The molecule has 1 aromatic heterocycles. The average molecular weight is 440 g/mol. The Hall–Kier alpha value is -2.29. The summed E-state index contributed by atoms with van der Waals surface area (Å²) in [5.41, 5.74) is 0.0783. The van der Waals surface area contributed by atoms with Gasteiger partial charge in [-0.3, -0.25) is 4.90 Å². The fourth-order valence-electron chi connectivity index (χ4n) is 4.15.